The number of ether oxygens (including phenoxy) is 1. The normalized spacial score (nSPS) is 10.4. The van der Waals surface area contributed by atoms with Gasteiger partial charge in [0.25, 0.3) is 5.91 Å². The first-order valence-electron chi connectivity index (χ1n) is 7.65. The summed E-state index contributed by atoms with van der Waals surface area (Å²) in [7, 11) is 0. The van der Waals surface area contributed by atoms with Gasteiger partial charge >= 0.3 is 0 Å². The van der Waals surface area contributed by atoms with Crippen molar-refractivity contribution >= 4 is 23.1 Å². The van der Waals surface area contributed by atoms with Gasteiger partial charge in [-0.05, 0) is 42.6 Å². The van der Waals surface area contributed by atoms with Crippen molar-refractivity contribution in [2.24, 2.45) is 0 Å². The lowest BCUT2D eigenvalue weighted by atomic mass is 10.2. The Balaban J connectivity index is 1.72. The Morgan fingerprint density at radius 2 is 1.96 bits per heavy atom. The van der Waals surface area contributed by atoms with E-state index in [4.69, 9.17) is 4.74 Å². The standard InChI is InChI=1S/C19H18N2O2S/c1-15-7-9-16(10-8-15)23-14-19(22)21(13-17-5-4-12-24-17)18-6-2-3-11-20-18/h2-12H,13-14H2,1H3. The van der Waals surface area contributed by atoms with E-state index in [1.165, 1.54) is 0 Å². The highest BCUT2D eigenvalue weighted by Crippen LogP contribution is 2.18. The fourth-order valence-electron chi connectivity index (χ4n) is 2.23. The summed E-state index contributed by atoms with van der Waals surface area (Å²) in [5.41, 5.74) is 1.15. The minimum Gasteiger partial charge on any atom is -0.484 e. The summed E-state index contributed by atoms with van der Waals surface area (Å²) in [6, 6.07) is 17.2. The molecule has 0 aliphatic heterocycles. The van der Waals surface area contributed by atoms with Gasteiger partial charge in [0.2, 0.25) is 0 Å². The van der Waals surface area contributed by atoms with Gasteiger partial charge in [0, 0.05) is 11.1 Å². The molecule has 3 rings (SSSR count). The van der Waals surface area contributed by atoms with Crippen molar-refractivity contribution in [3.63, 3.8) is 0 Å². The van der Waals surface area contributed by atoms with E-state index < -0.39 is 0 Å². The van der Waals surface area contributed by atoms with Crippen LogP contribution >= 0.6 is 11.3 Å². The molecule has 0 aliphatic carbocycles. The van der Waals surface area contributed by atoms with Gasteiger partial charge in [-0.2, -0.15) is 0 Å². The Labute approximate surface area is 145 Å². The van der Waals surface area contributed by atoms with E-state index in [-0.39, 0.29) is 12.5 Å². The van der Waals surface area contributed by atoms with E-state index >= 15 is 0 Å². The zero-order valence-electron chi connectivity index (χ0n) is 13.4. The highest BCUT2D eigenvalue weighted by atomic mass is 32.1. The summed E-state index contributed by atoms with van der Waals surface area (Å²) in [6.07, 6.45) is 1.69. The summed E-state index contributed by atoms with van der Waals surface area (Å²) in [5, 5.41) is 2.00. The van der Waals surface area contributed by atoms with Crippen molar-refractivity contribution in [2.45, 2.75) is 13.5 Å². The smallest absolute Gasteiger partial charge is 0.266 e. The molecule has 122 valence electrons. The number of pyridine rings is 1. The van der Waals surface area contributed by atoms with Crippen LogP contribution in [-0.2, 0) is 11.3 Å². The molecule has 0 N–H and O–H groups in total. The molecule has 0 aliphatic rings. The van der Waals surface area contributed by atoms with Crippen molar-refractivity contribution in [2.75, 3.05) is 11.5 Å². The molecule has 0 bridgehead atoms. The lowest BCUT2D eigenvalue weighted by molar-refractivity contribution is -0.120. The van der Waals surface area contributed by atoms with E-state index in [1.807, 2.05) is 66.9 Å². The van der Waals surface area contributed by atoms with E-state index in [0.29, 0.717) is 18.1 Å². The number of anilines is 1. The number of rotatable bonds is 6. The Kier molecular flexibility index (Phi) is 5.23. The molecule has 0 saturated heterocycles. The quantitative estimate of drug-likeness (QED) is 0.680. The van der Waals surface area contributed by atoms with Crippen LogP contribution in [0.25, 0.3) is 0 Å². The van der Waals surface area contributed by atoms with Crippen molar-refractivity contribution in [1.29, 1.82) is 0 Å². The first kappa shape index (κ1) is 16.2. The van der Waals surface area contributed by atoms with Gasteiger partial charge < -0.3 is 4.74 Å². The number of carbonyl (C=O) groups is 1. The van der Waals surface area contributed by atoms with Crippen LogP contribution in [0.1, 0.15) is 10.4 Å². The summed E-state index contributed by atoms with van der Waals surface area (Å²) in [6.45, 7) is 2.48. The maximum Gasteiger partial charge on any atom is 0.266 e. The second-order valence-electron chi connectivity index (χ2n) is 5.35. The van der Waals surface area contributed by atoms with Crippen molar-refractivity contribution in [1.82, 2.24) is 4.98 Å². The third-order valence-electron chi connectivity index (χ3n) is 3.50. The Morgan fingerprint density at radius 1 is 1.12 bits per heavy atom. The molecule has 2 aromatic heterocycles. The van der Waals surface area contributed by atoms with Crippen LogP contribution in [0.15, 0.2) is 66.2 Å². The predicted octanol–water partition coefficient (Wildman–Crippen LogP) is 4.06. The van der Waals surface area contributed by atoms with Crippen LogP contribution in [0.5, 0.6) is 5.75 Å². The Hall–Kier alpha value is -2.66. The van der Waals surface area contributed by atoms with E-state index in [2.05, 4.69) is 4.98 Å². The van der Waals surface area contributed by atoms with Gasteiger partial charge in [-0.3, -0.25) is 9.69 Å². The number of amides is 1. The van der Waals surface area contributed by atoms with Gasteiger partial charge in [-0.1, -0.05) is 29.8 Å². The SMILES string of the molecule is Cc1ccc(OCC(=O)N(Cc2cccs2)c2ccccn2)cc1. The highest BCUT2D eigenvalue weighted by Gasteiger charge is 2.18. The van der Waals surface area contributed by atoms with Gasteiger partial charge in [-0.25, -0.2) is 4.98 Å². The predicted molar refractivity (Wildman–Crippen MR) is 96.4 cm³/mol. The highest BCUT2D eigenvalue weighted by molar-refractivity contribution is 7.09. The number of nitrogens with zero attached hydrogens (tertiary/aromatic N) is 2. The first-order chi connectivity index (χ1) is 11.7. The summed E-state index contributed by atoms with van der Waals surface area (Å²) in [5.74, 6) is 1.19. The topological polar surface area (TPSA) is 42.4 Å². The minimum atomic E-state index is -0.123. The number of thiophene rings is 1. The summed E-state index contributed by atoms with van der Waals surface area (Å²) in [4.78, 5) is 19.7. The molecule has 5 heteroatoms. The van der Waals surface area contributed by atoms with E-state index in [0.717, 1.165) is 10.4 Å². The third kappa shape index (κ3) is 4.20. The Bertz CT molecular complexity index is 771. The van der Waals surface area contributed by atoms with Gasteiger partial charge in [0.1, 0.15) is 11.6 Å². The molecule has 1 aromatic carbocycles. The van der Waals surface area contributed by atoms with Crippen molar-refractivity contribution in [3.8, 4) is 5.75 Å². The molecule has 0 atom stereocenters. The van der Waals surface area contributed by atoms with Gasteiger partial charge in [-0.15, -0.1) is 11.3 Å². The molecular formula is C19H18N2O2S. The zero-order valence-corrected chi connectivity index (χ0v) is 14.2. The number of hydrogen-bond donors (Lipinski definition) is 0. The lowest BCUT2D eigenvalue weighted by Gasteiger charge is -2.21. The van der Waals surface area contributed by atoms with Gasteiger partial charge in [0.05, 0.1) is 6.54 Å². The molecule has 4 nitrogen and oxygen atoms in total. The Morgan fingerprint density at radius 3 is 2.62 bits per heavy atom. The molecule has 24 heavy (non-hydrogen) atoms. The molecule has 3 aromatic rings. The fourth-order valence-corrected chi connectivity index (χ4v) is 2.92. The van der Waals surface area contributed by atoms with Crippen LogP contribution in [0, 0.1) is 6.92 Å². The first-order valence-corrected chi connectivity index (χ1v) is 8.53. The number of hydrogen-bond acceptors (Lipinski definition) is 4. The largest absolute Gasteiger partial charge is 0.484 e. The van der Waals surface area contributed by atoms with Crippen LogP contribution in [0.4, 0.5) is 5.82 Å². The number of aromatic nitrogens is 1. The zero-order chi connectivity index (χ0) is 16.8. The monoisotopic (exact) mass is 338 g/mol. The maximum atomic E-state index is 12.7. The van der Waals surface area contributed by atoms with Gasteiger partial charge in [0.15, 0.2) is 6.61 Å². The van der Waals surface area contributed by atoms with Crippen LogP contribution in [-0.4, -0.2) is 17.5 Å². The molecule has 0 spiro atoms. The van der Waals surface area contributed by atoms with Crippen LogP contribution < -0.4 is 9.64 Å². The van der Waals surface area contributed by atoms with E-state index in [9.17, 15) is 4.79 Å². The molecule has 0 fully saturated rings. The minimum absolute atomic E-state index is 0.0228. The van der Waals surface area contributed by atoms with Crippen LogP contribution in [0.2, 0.25) is 0 Å². The summed E-state index contributed by atoms with van der Waals surface area (Å²) < 4.78 is 5.63. The number of carbonyl (C=O) groups excluding carboxylic acids is 1. The third-order valence-corrected chi connectivity index (χ3v) is 4.37. The van der Waals surface area contributed by atoms with Crippen molar-refractivity contribution in [3.05, 3.63) is 76.6 Å². The second kappa shape index (κ2) is 7.75. The number of benzene rings is 1. The maximum absolute atomic E-state index is 12.7. The molecule has 0 unspecified atom stereocenters. The molecule has 1 amide bonds. The van der Waals surface area contributed by atoms with Crippen molar-refractivity contribution < 1.29 is 9.53 Å². The molecule has 2 heterocycles. The second-order valence-corrected chi connectivity index (χ2v) is 6.38. The lowest BCUT2D eigenvalue weighted by Crippen LogP contribution is -2.34. The van der Waals surface area contributed by atoms with Crippen LogP contribution in [0.3, 0.4) is 0 Å². The summed E-state index contributed by atoms with van der Waals surface area (Å²) >= 11 is 1.62. The average molecular weight is 338 g/mol. The van der Waals surface area contributed by atoms with E-state index in [1.54, 1.807) is 22.4 Å². The molecule has 0 saturated carbocycles. The number of aryl methyl sites for hydroxylation is 1. The fraction of sp³-hybridized carbons (Fsp3) is 0.158. The average Bonchev–Trinajstić information content (AvgIpc) is 3.13. The molecule has 0 radical (unpaired) electrons. The molecular weight excluding hydrogens is 320 g/mol.